The molecule has 9 heteroatoms. The molecule has 1 unspecified atom stereocenters. The largest absolute Gasteiger partial charge is 0.484 e. The summed E-state index contributed by atoms with van der Waals surface area (Å²) in [5, 5.41) is 4.15. The maximum Gasteiger partial charge on any atom is 0.261 e. The van der Waals surface area contributed by atoms with E-state index in [1.165, 1.54) is 0 Å². The number of rotatable bonds is 7. The van der Waals surface area contributed by atoms with Crippen LogP contribution in [-0.2, 0) is 11.2 Å². The van der Waals surface area contributed by atoms with Gasteiger partial charge < -0.3 is 24.0 Å². The summed E-state index contributed by atoms with van der Waals surface area (Å²) in [6.07, 6.45) is 2.39. The molecule has 0 spiro atoms. The lowest BCUT2D eigenvalue weighted by Crippen LogP contribution is -2.50. The molecule has 34 heavy (non-hydrogen) atoms. The van der Waals surface area contributed by atoms with Gasteiger partial charge in [0.25, 0.3) is 11.8 Å². The fraction of sp³-hybridized carbons (Fsp3) is 0.280. The molecule has 1 atom stereocenters. The summed E-state index contributed by atoms with van der Waals surface area (Å²) in [6, 6.07) is 19.1. The molecule has 5 rings (SSSR count). The van der Waals surface area contributed by atoms with Crippen molar-refractivity contribution in [2.24, 2.45) is 0 Å². The van der Waals surface area contributed by atoms with E-state index in [1.807, 2.05) is 55.6 Å². The average molecular weight is 459 g/mol. The van der Waals surface area contributed by atoms with Gasteiger partial charge in [0.05, 0.1) is 6.20 Å². The van der Waals surface area contributed by atoms with Crippen molar-refractivity contribution in [2.75, 3.05) is 33.3 Å². The van der Waals surface area contributed by atoms with Crippen LogP contribution in [0.15, 0.2) is 71.4 Å². The van der Waals surface area contributed by atoms with Gasteiger partial charge in [-0.25, -0.2) is 4.98 Å². The summed E-state index contributed by atoms with van der Waals surface area (Å²) in [5.41, 5.74) is 1.84. The number of H-pyrrole nitrogens is 1. The summed E-state index contributed by atoms with van der Waals surface area (Å²) in [6.45, 7) is 1.87. The van der Waals surface area contributed by atoms with Gasteiger partial charge in [0, 0.05) is 26.1 Å². The minimum atomic E-state index is -0.349. The number of piperazine rings is 1. The van der Waals surface area contributed by atoms with E-state index in [4.69, 9.17) is 9.26 Å². The summed E-state index contributed by atoms with van der Waals surface area (Å²) in [5.74, 6) is 2.18. The number of imidazole rings is 1. The normalized spacial score (nSPS) is 16.5. The monoisotopic (exact) mass is 458 g/mol. The van der Waals surface area contributed by atoms with Crippen LogP contribution in [0.3, 0.4) is 0 Å². The van der Waals surface area contributed by atoms with E-state index in [0.717, 1.165) is 17.9 Å². The van der Waals surface area contributed by atoms with Crippen LogP contribution in [0.5, 0.6) is 5.75 Å². The zero-order chi connectivity index (χ0) is 23.3. The number of para-hydroxylation sites is 1. The van der Waals surface area contributed by atoms with Crippen LogP contribution in [0.4, 0.5) is 0 Å². The Kier molecular flexibility index (Phi) is 6.35. The Morgan fingerprint density at radius 2 is 1.88 bits per heavy atom. The molecule has 0 bridgehead atoms. The molecule has 1 fully saturated rings. The first-order chi connectivity index (χ1) is 16.7. The number of nitrogens with one attached hydrogen (secondary N) is 1. The van der Waals surface area contributed by atoms with E-state index in [0.29, 0.717) is 42.7 Å². The van der Waals surface area contributed by atoms with E-state index in [9.17, 15) is 4.79 Å². The summed E-state index contributed by atoms with van der Waals surface area (Å²) in [4.78, 5) is 29.2. The van der Waals surface area contributed by atoms with Crippen LogP contribution in [0.2, 0.25) is 0 Å². The SMILES string of the molecule is CN1CCN(C(=O)COc2ccccc2)C(c2nc(-c3cnc(Cc4ccccc4)[nH]3)no2)C1. The van der Waals surface area contributed by atoms with Crippen molar-refractivity contribution in [3.63, 3.8) is 0 Å². The van der Waals surface area contributed by atoms with Crippen molar-refractivity contribution in [1.82, 2.24) is 29.9 Å². The van der Waals surface area contributed by atoms with Crippen LogP contribution in [0.1, 0.15) is 23.3 Å². The highest BCUT2D eigenvalue weighted by molar-refractivity contribution is 5.78. The van der Waals surface area contributed by atoms with E-state index in [-0.39, 0.29) is 18.6 Å². The zero-order valence-corrected chi connectivity index (χ0v) is 18.9. The van der Waals surface area contributed by atoms with E-state index in [2.05, 4.69) is 37.1 Å². The van der Waals surface area contributed by atoms with Crippen molar-refractivity contribution in [1.29, 1.82) is 0 Å². The van der Waals surface area contributed by atoms with Gasteiger partial charge in [-0.3, -0.25) is 4.79 Å². The summed E-state index contributed by atoms with van der Waals surface area (Å²) in [7, 11) is 2.01. The molecule has 1 saturated heterocycles. The lowest BCUT2D eigenvalue weighted by atomic mass is 10.1. The van der Waals surface area contributed by atoms with Gasteiger partial charge in [0.15, 0.2) is 6.61 Å². The lowest BCUT2D eigenvalue weighted by molar-refractivity contribution is -0.139. The Morgan fingerprint density at radius 3 is 2.68 bits per heavy atom. The van der Waals surface area contributed by atoms with E-state index >= 15 is 0 Å². The van der Waals surface area contributed by atoms with E-state index < -0.39 is 0 Å². The van der Waals surface area contributed by atoms with Gasteiger partial charge >= 0.3 is 0 Å². The molecular weight excluding hydrogens is 432 g/mol. The summed E-state index contributed by atoms with van der Waals surface area (Å²) >= 11 is 0. The third kappa shape index (κ3) is 4.99. The molecule has 9 nitrogen and oxygen atoms in total. The molecule has 4 aromatic rings. The van der Waals surface area contributed by atoms with Crippen LogP contribution in [0.25, 0.3) is 11.5 Å². The topological polar surface area (TPSA) is 100 Å². The first-order valence-electron chi connectivity index (χ1n) is 11.2. The van der Waals surface area contributed by atoms with Crippen molar-refractivity contribution < 1.29 is 14.1 Å². The minimum Gasteiger partial charge on any atom is -0.484 e. The Labute approximate surface area is 197 Å². The molecule has 1 aliphatic heterocycles. The number of aromatic nitrogens is 4. The highest BCUT2D eigenvalue weighted by Crippen LogP contribution is 2.26. The number of benzene rings is 2. The second-order valence-electron chi connectivity index (χ2n) is 8.33. The first kappa shape index (κ1) is 21.8. The number of amides is 1. The second kappa shape index (κ2) is 9.88. The molecule has 0 aliphatic carbocycles. The highest BCUT2D eigenvalue weighted by atomic mass is 16.5. The Morgan fingerprint density at radius 1 is 1.12 bits per heavy atom. The number of hydrogen-bond acceptors (Lipinski definition) is 7. The average Bonchev–Trinajstić information content (AvgIpc) is 3.54. The number of likely N-dealkylation sites (N-methyl/N-ethyl adjacent to an activating group) is 1. The number of carbonyl (C=O) groups excluding carboxylic acids is 1. The number of aromatic amines is 1. The molecule has 3 heterocycles. The maximum atomic E-state index is 13.0. The van der Waals surface area contributed by atoms with Gasteiger partial charge in [-0.15, -0.1) is 0 Å². The minimum absolute atomic E-state index is 0.0470. The van der Waals surface area contributed by atoms with Gasteiger partial charge in [-0.05, 0) is 24.7 Å². The first-order valence-corrected chi connectivity index (χ1v) is 11.2. The maximum absolute atomic E-state index is 13.0. The fourth-order valence-electron chi connectivity index (χ4n) is 4.01. The Bertz CT molecular complexity index is 1220. The van der Waals surface area contributed by atoms with Crippen molar-refractivity contribution >= 4 is 5.91 Å². The number of carbonyl (C=O) groups is 1. The lowest BCUT2D eigenvalue weighted by Gasteiger charge is -2.37. The predicted octanol–water partition coefficient (Wildman–Crippen LogP) is 2.94. The van der Waals surface area contributed by atoms with Crippen LogP contribution < -0.4 is 4.74 Å². The molecule has 0 saturated carbocycles. The van der Waals surface area contributed by atoms with Crippen LogP contribution in [0, 0.1) is 0 Å². The number of ether oxygens (including phenoxy) is 1. The molecule has 1 N–H and O–H groups in total. The quantitative estimate of drug-likeness (QED) is 0.454. The van der Waals surface area contributed by atoms with Gasteiger partial charge in [-0.1, -0.05) is 53.7 Å². The molecule has 2 aromatic carbocycles. The third-order valence-electron chi connectivity index (χ3n) is 5.82. The zero-order valence-electron chi connectivity index (χ0n) is 18.9. The molecule has 174 valence electrons. The van der Waals surface area contributed by atoms with Gasteiger partial charge in [-0.2, -0.15) is 4.98 Å². The molecule has 1 aliphatic rings. The predicted molar refractivity (Wildman–Crippen MR) is 125 cm³/mol. The fourth-order valence-corrected chi connectivity index (χ4v) is 4.01. The second-order valence-corrected chi connectivity index (χ2v) is 8.33. The molecular formula is C25H26N6O3. The Balaban J connectivity index is 1.29. The van der Waals surface area contributed by atoms with Crippen molar-refractivity contribution in [3.8, 4) is 17.3 Å². The standard InChI is InChI=1S/C25H26N6O3/c1-30-12-13-31(23(32)17-33-19-10-6-3-7-11-19)21(16-30)25-28-24(29-34-25)20-15-26-22(27-20)14-18-8-4-2-5-9-18/h2-11,15,21H,12-14,16-17H2,1H3,(H,26,27). The van der Waals surface area contributed by atoms with E-state index in [1.54, 1.807) is 11.1 Å². The van der Waals surface area contributed by atoms with Gasteiger partial charge in [0.2, 0.25) is 5.82 Å². The highest BCUT2D eigenvalue weighted by Gasteiger charge is 2.34. The smallest absolute Gasteiger partial charge is 0.261 e. The molecule has 2 aromatic heterocycles. The number of hydrogen-bond donors (Lipinski definition) is 1. The summed E-state index contributed by atoms with van der Waals surface area (Å²) < 4.78 is 11.3. The van der Waals surface area contributed by atoms with Crippen LogP contribution in [-0.4, -0.2) is 69.1 Å². The molecule has 0 radical (unpaired) electrons. The Hall–Kier alpha value is -3.98. The van der Waals surface area contributed by atoms with Crippen molar-refractivity contribution in [3.05, 3.63) is 84.1 Å². The number of nitrogens with zero attached hydrogens (tertiary/aromatic N) is 5. The van der Waals surface area contributed by atoms with Crippen LogP contribution >= 0.6 is 0 Å². The van der Waals surface area contributed by atoms with Crippen molar-refractivity contribution in [2.45, 2.75) is 12.5 Å². The third-order valence-corrected chi connectivity index (χ3v) is 5.82. The van der Waals surface area contributed by atoms with Gasteiger partial charge in [0.1, 0.15) is 23.3 Å². The molecule has 1 amide bonds.